The van der Waals surface area contributed by atoms with Crippen LogP contribution in [0.4, 0.5) is 0 Å². The van der Waals surface area contributed by atoms with Gasteiger partial charge in [0.05, 0.1) is 0 Å². The highest BCUT2D eigenvalue weighted by atomic mass is 32.1. The zero-order valence-corrected chi connectivity index (χ0v) is 15.9. The largest absolute Gasteiger partial charge is 0.354 e. The van der Waals surface area contributed by atoms with E-state index >= 15 is 0 Å². The van der Waals surface area contributed by atoms with E-state index in [2.05, 4.69) is 77.8 Å². The van der Waals surface area contributed by atoms with E-state index in [0.29, 0.717) is 0 Å². The van der Waals surface area contributed by atoms with Crippen molar-refractivity contribution in [3.8, 4) is 0 Å². The number of thiophene rings is 2. The molecule has 3 heterocycles. The lowest BCUT2D eigenvalue weighted by molar-refractivity contribution is 1.56. The SMILES string of the molecule is c1ccc2c(c1)sc1c2ccc2[nH]c3ccc4c5ccccc5sc4c3c21. The molecule has 1 nitrogen and oxygen atoms in total. The molecular weight excluding hydrogens is 366 g/mol. The van der Waals surface area contributed by atoms with Crippen LogP contribution >= 0.6 is 22.7 Å². The van der Waals surface area contributed by atoms with Crippen LogP contribution in [0.25, 0.3) is 62.2 Å². The molecule has 0 unspecified atom stereocenters. The zero-order chi connectivity index (χ0) is 17.5. The molecule has 0 bridgehead atoms. The van der Waals surface area contributed by atoms with E-state index < -0.39 is 0 Å². The summed E-state index contributed by atoms with van der Waals surface area (Å²) in [6.07, 6.45) is 0. The van der Waals surface area contributed by atoms with Gasteiger partial charge in [-0.05, 0) is 24.3 Å². The summed E-state index contributed by atoms with van der Waals surface area (Å²) in [7, 11) is 0. The monoisotopic (exact) mass is 379 g/mol. The molecule has 7 rings (SSSR count). The Kier molecular flexibility index (Phi) is 2.57. The topological polar surface area (TPSA) is 15.8 Å². The minimum Gasteiger partial charge on any atom is -0.354 e. The van der Waals surface area contributed by atoms with Crippen molar-refractivity contribution >= 4 is 84.8 Å². The highest BCUT2D eigenvalue weighted by molar-refractivity contribution is 7.28. The Labute approximate surface area is 162 Å². The zero-order valence-electron chi connectivity index (χ0n) is 14.2. The van der Waals surface area contributed by atoms with Crippen molar-refractivity contribution in [1.82, 2.24) is 4.98 Å². The number of aromatic nitrogens is 1. The minimum absolute atomic E-state index is 1.23. The molecule has 0 amide bonds. The summed E-state index contributed by atoms with van der Waals surface area (Å²) in [5, 5.41) is 8.19. The maximum absolute atomic E-state index is 3.66. The second-order valence-electron chi connectivity index (χ2n) is 7.05. The first-order valence-corrected chi connectivity index (χ1v) is 10.7. The molecule has 0 aliphatic rings. The lowest BCUT2D eigenvalue weighted by atomic mass is 10.1. The average Bonchev–Trinajstić information content (AvgIpc) is 3.37. The fourth-order valence-corrected chi connectivity index (χ4v) is 6.94. The van der Waals surface area contributed by atoms with E-state index in [4.69, 9.17) is 0 Å². The third-order valence-corrected chi connectivity index (χ3v) is 8.02. The van der Waals surface area contributed by atoms with E-state index in [1.165, 1.54) is 62.2 Å². The highest BCUT2D eigenvalue weighted by Crippen LogP contribution is 2.45. The summed E-state index contributed by atoms with van der Waals surface area (Å²) in [4.78, 5) is 3.66. The second-order valence-corrected chi connectivity index (χ2v) is 9.16. The van der Waals surface area contributed by atoms with Crippen molar-refractivity contribution in [3.05, 3.63) is 72.8 Å². The Balaban J connectivity index is 1.81. The Morgan fingerprint density at radius 2 is 0.963 bits per heavy atom. The summed E-state index contributed by atoms with van der Waals surface area (Å²) in [5.41, 5.74) is 2.46. The van der Waals surface area contributed by atoms with Gasteiger partial charge < -0.3 is 4.98 Å². The standard InChI is InChI=1S/C24H13NS2/c1-3-7-19-13(5-1)15-9-11-17-21(23(15)26-19)22-18(25-17)12-10-16-14-6-2-4-8-20(14)27-24(16)22/h1-12,25H. The number of H-pyrrole nitrogens is 1. The van der Waals surface area contributed by atoms with Crippen molar-refractivity contribution in [2.45, 2.75) is 0 Å². The van der Waals surface area contributed by atoms with Crippen LogP contribution in [-0.4, -0.2) is 4.98 Å². The van der Waals surface area contributed by atoms with E-state index in [9.17, 15) is 0 Å². The van der Waals surface area contributed by atoms with Gasteiger partial charge >= 0.3 is 0 Å². The Bertz CT molecular complexity index is 1550. The molecule has 1 N–H and O–H groups in total. The second kappa shape index (κ2) is 4.89. The van der Waals surface area contributed by atoms with Crippen molar-refractivity contribution in [1.29, 1.82) is 0 Å². The van der Waals surface area contributed by atoms with Crippen LogP contribution in [0.2, 0.25) is 0 Å². The van der Waals surface area contributed by atoms with Gasteiger partial charge in [0.25, 0.3) is 0 Å². The normalized spacial score (nSPS) is 12.4. The number of nitrogens with one attached hydrogen (secondary N) is 1. The van der Waals surface area contributed by atoms with Crippen LogP contribution in [0.15, 0.2) is 72.8 Å². The molecule has 0 atom stereocenters. The molecule has 0 saturated heterocycles. The number of fused-ring (bicyclic) bond motifs is 11. The fraction of sp³-hybridized carbons (Fsp3) is 0. The van der Waals surface area contributed by atoms with Crippen molar-refractivity contribution in [2.75, 3.05) is 0 Å². The number of benzene rings is 4. The average molecular weight is 380 g/mol. The summed E-state index contributed by atoms with van der Waals surface area (Å²) in [6, 6.07) is 26.5. The fourth-order valence-electron chi connectivity index (χ4n) is 4.43. The molecule has 0 radical (unpaired) electrons. The van der Waals surface area contributed by atoms with Crippen molar-refractivity contribution in [3.63, 3.8) is 0 Å². The molecule has 27 heavy (non-hydrogen) atoms. The summed E-state index contributed by atoms with van der Waals surface area (Å²) in [5.74, 6) is 0. The van der Waals surface area contributed by atoms with Gasteiger partial charge in [0.1, 0.15) is 0 Å². The van der Waals surface area contributed by atoms with Gasteiger partial charge in [-0.25, -0.2) is 0 Å². The third-order valence-electron chi connectivity index (χ3n) is 5.61. The summed E-state index contributed by atoms with van der Waals surface area (Å²) >= 11 is 3.82. The number of rotatable bonds is 0. The van der Waals surface area contributed by atoms with Gasteiger partial charge in [0, 0.05) is 62.2 Å². The lowest BCUT2D eigenvalue weighted by Crippen LogP contribution is -1.70. The number of hydrogen-bond acceptors (Lipinski definition) is 2. The Morgan fingerprint density at radius 3 is 1.48 bits per heavy atom. The van der Waals surface area contributed by atoms with Crippen LogP contribution in [0.1, 0.15) is 0 Å². The van der Waals surface area contributed by atoms with E-state index in [1.54, 1.807) is 0 Å². The highest BCUT2D eigenvalue weighted by Gasteiger charge is 2.16. The maximum atomic E-state index is 3.66. The first-order valence-electron chi connectivity index (χ1n) is 9.04. The van der Waals surface area contributed by atoms with Gasteiger partial charge in [0.15, 0.2) is 0 Å². The van der Waals surface area contributed by atoms with Crippen LogP contribution in [0, 0.1) is 0 Å². The number of hydrogen-bond donors (Lipinski definition) is 1. The maximum Gasteiger partial charge on any atom is 0.0480 e. The first-order chi connectivity index (χ1) is 13.4. The molecule has 0 aliphatic heterocycles. The van der Waals surface area contributed by atoms with E-state index in [0.717, 1.165) is 0 Å². The van der Waals surface area contributed by atoms with Crippen LogP contribution < -0.4 is 0 Å². The van der Waals surface area contributed by atoms with E-state index in [1.807, 2.05) is 22.7 Å². The summed E-state index contributed by atoms with van der Waals surface area (Å²) < 4.78 is 5.51. The van der Waals surface area contributed by atoms with Crippen LogP contribution in [0.5, 0.6) is 0 Å². The smallest absolute Gasteiger partial charge is 0.0480 e. The predicted octanol–water partition coefficient (Wildman–Crippen LogP) is 8.06. The molecule has 0 saturated carbocycles. The molecule has 3 aromatic heterocycles. The van der Waals surface area contributed by atoms with Gasteiger partial charge in [-0.2, -0.15) is 0 Å². The van der Waals surface area contributed by atoms with Crippen LogP contribution in [-0.2, 0) is 0 Å². The van der Waals surface area contributed by atoms with Gasteiger partial charge in [0.2, 0.25) is 0 Å². The molecule has 0 spiro atoms. The molecule has 3 heteroatoms. The molecule has 0 fully saturated rings. The Morgan fingerprint density at radius 1 is 0.481 bits per heavy atom. The molecule has 7 aromatic rings. The first kappa shape index (κ1) is 14.2. The third kappa shape index (κ3) is 1.73. The number of aromatic amines is 1. The summed E-state index contributed by atoms with van der Waals surface area (Å²) in [6.45, 7) is 0. The van der Waals surface area contributed by atoms with Gasteiger partial charge in [-0.15, -0.1) is 22.7 Å². The Hall–Kier alpha value is -2.88. The lowest BCUT2D eigenvalue weighted by Gasteiger charge is -1.97. The quantitative estimate of drug-likeness (QED) is 0.274. The predicted molar refractivity (Wildman–Crippen MR) is 122 cm³/mol. The van der Waals surface area contributed by atoms with Crippen LogP contribution in [0.3, 0.4) is 0 Å². The minimum atomic E-state index is 1.23. The van der Waals surface area contributed by atoms with Gasteiger partial charge in [-0.1, -0.05) is 48.5 Å². The molecule has 4 aromatic carbocycles. The molecule has 126 valence electrons. The van der Waals surface area contributed by atoms with E-state index in [-0.39, 0.29) is 0 Å². The molecule has 0 aliphatic carbocycles. The van der Waals surface area contributed by atoms with Crippen molar-refractivity contribution < 1.29 is 0 Å². The van der Waals surface area contributed by atoms with Gasteiger partial charge in [-0.3, -0.25) is 0 Å². The van der Waals surface area contributed by atoms with Crippen molar-refractivity contribution in [2.24, 2.45) is 0 Å². The molecular formula is C24H13NS2.